The molecule has 4 nitrogen and oxygen atoms in total. The second kappa shape index (κ2) is 4.56. The molecule has 0 aliphatic heterocycles. The Hall–Kier alpha value is -1.24. The van der Waals surface area contributed by atoms with Crippen LogP contribution >= 0.6 is 15.9 Å². The second-order valence-electron chi connectivity index (χ2n) is 3.43. The predicted octanol–water partition coefficient (Wildman–Crippen LogP) is 2.16. The summed E-state index contributed by atoms with van der Waals surface area (Å²) in [6.07, 6.45) is 3.22. The van der Waals surface area contributed by atoms with E-state index in [9.17, 15) is 8.42 Å². The monoisotopic (exact) mass is 312 g/mol. The molecule has 1 aromatic carbocycles. The highest BCUT2D eigenvalue weighted by Crippen LogP contribution is 2.27. The van der Waals surface area contributed by atoms with Crippen LogP contribution in [0.2, 0.25) is 0 Å². The molecule has 2 rings (SSSR count). The van der Waals surface area contributed by atoms with Gasteiger partial charge in [-0.05, 0) is 28.1 Å². The summed E-state index contributed by atoms with van der Waals surface area (Å²) in [5.74, 6) is 0. The molecule has 88 valence electrons. The third-order valence-corrected chi connectivity index (χ3v) is 3.61. The second-order valence-corrected chi connectivity index (χ2v) is 5.88. The normalized spacial score (nSPS) is 11.4. The average molecular weight is 313 g/mol. The summed E-state index contributed by atoms with van der Waals surface area (Å²) < 4.78 is 23.7. The van der Waals surface area contributed by atoms with Gasteiger partial charge < -0.3 is 0 Å². The summed E-state index contributed by atoms with van der Waals surface area (Å²) in [5, 5.41) is 5.17. The summed E-state index contributed by atoms with van der Waals surface area (Å²) in [6.45, 7) is 0. The van der Waals surface area contributed by atoms with E-state index in [0.29, 0.717) is 11.1 Å². The number of aromatic nitrogens is 1. The van der Waals surface area contributed by atoms with Crippen molar-refractivity contribution < 1.29 is 8.42 Å². The number of sulfonamides is 1. The van der Waals surface area contributed by atoms with Gasteiger partial charge in [0.2, 0.25) is 10.0 Å². The fourth-order valence-corrected chi connectivity index (χ4v) is 2.64. The van der Waals surface area contributed by atoms with Crippen LogP contribution in [0.3, 0.4) is 0 Å². The first kappa shape index (κ1) is 12.2. The Morgan fingerprint density at radius 1 is 1.18 bits per heavy atom. The predicted molar refractivity (Wildman–Crippen MR) is 68.7 cm³/mol. The zero-order valence-corrected chi connectivity index (χ0v) is 11.1. The molecule has 0 bridgehead atoms. The Bertz CT molecular complexity index is 656. The third kappa shape index (κ3) is 2.71. The lowest BCUT2D eigenvalue weighted by Crippen LogP contribution is -2.13. The SMILES string of the molecule is NS(=O)(=O)c1ccccc1-c1cncc(Br)c1. The number of nitrogens with two attached hydrogens (primary N) is 1. The van der Waals surface area contributed by atoms with Crippen LogP contribution in [0.5, 0.6) is 0 Å². The van der Waals surface area contributed by atoms with Gasteiger partial charge in [0.15, 0.2) is 0 Å². The summed E-state index contributed by atoms with van der Waals surface area (Å²) >= 11 is 3.29. The summed E-state index contributed by atoms with van der Waals surface area (Å²) in [4.78, 5) is 4.10. The Kier molecular flexibility index (Phi) is 3.28. The molecule has 0 spiro atoms. The summed E-state index contributed by atoms with van der Waals surface area (Å²) in [7, 11) is -3.74. The molecule has 17 heavy (non-hydrogen) atoms. The number of pyridine rings is 1. The molecule has 0 unspecified atom stereocenters. The molecule has 2 aromatic rings. The van der Waals surface area contributed by atoms with Gasteiger partial charge in [-0.3, -0.25) is 4.98 Å². The van der Waals surface area contributed by atoms with Crippen LogP contribution in [0.25, 0.3) is 11.1 Å². The lowest BCUT2D eigenvalue weighted by atomic mass is 10.1. The highest BCUT2D eigenvalue weighted by molar-refractivity contribution is 9.10. The zero-order valence-electron chi connectivity index (χ0n) is 8.67. The van der Waals surface area contributed by atoms with Crippen molar-refractivity contribution in [2.45, 2.75) is 4.90 Å². The topological polar surface area (TPSA) is 73.1 Å². The number of nitrogens with zero attached hydrogens (tertiary/aromatic N) is 1. The zero-order chi connectivity index (χ0) is 12.5. The number of primary sulfonamides is 1. The first-order valence-electron chi connectivity index (χ1n) is 4.71. The fraction of sp³-hybridized carbons (Fsp3) is 0. The maximum absolute atomic E-state index is 11.5. The van der Waals surface area contributed by atoms with E-state index in [2.05, 4.69) is 20.9 Å². The van der Waals surface area contributed by atoms with Gasteiger partial charge in [-0.15, -0.1) is 0 Å². The van der Waals surface area contributed by atoms with E-state index in [1.54, 1.807) is 36.7 Å². The largest absolute Gasteiger partial charge is 0.263 e. The maximum Gasteiger partial charge on any atom is 0.238 e. The molecule has 0 saturated carbocycles. The van der Waals surface area contributed by atoms with Gasteiger partial charge in [0.25, 0.3) is 0 Å². The van der Waals surface area contributed by atoms with Crippen LogP contribution in [0.4, 0.5) is 0 Å². The van der Waals surface area contributed by atoms with E-state index >= 15 is 0 Å². The van der Waals surface area contributed by atoms with Gasteiger partial charge in [-0.25, -0.2) is 13.6 Å². The van der Waals surface area contributed by atoms with Crippen molar-refractivity contribution in [1.82, 2.24) is 4.98 Å². The number of hydrogen-bond donors (Lipinski definition) is 1. The van der Waals surface area contributed by atoms with Gasteiger partial charge in [-0.1, -0.05) is 18.2 Å². The van der Waals surface area contributed by atoms with E-state index in [4.69, 9.17) is 5.14 Å². The minimum atomic E-state index is -3.74. The number of rotatable bonds is 2. The van der Waals surface area contributed by atoms with E-state index in [0.717, 1.165) is 4.47 Å². The standard InChI is InChI=1S/C11H9BrN2O2S/c12-9-5-8(6-14-7-9)10-3-1-2-4-11(10)17(13,15)16/h1-7H,(H2,13,15,16). The van der Waals surface area contributed by atoms with Crippen LogP contribution in [-0.2, 0) is 10.0 Å². The number of halogens is 1. The molecule has 0 saturated heterocycles. The Balaban J connectivity index is 2.69. The van der Waals surface area contributed by atoms with Gasteiger partial charge in [0, 0.05) is 28.0 Å². The van der Waals surface area contributed by atoms with Crippen LogP contribution in [-0.4, -0.2) is 13.4 Å². The van der Waals surface area contributed by atoms with Gasteiger partial charge >= 0.3 is 0 Å². The molecular formula is C11H9BrN2O2S. The molecule has 0 aliphatic carbocycles. The molecule has 0 atom stereocenters. The minimum absolute atomic E-state index is 0.0971. The van der Waals surface area contributed by atoms with E-state index in [-0.39, 0.29) is 4.90 Å². The highest BCUT2D eigenvalue weighted by Gasteiger charge is 2.14. The first-order chi connectivity index (χ1) is 7.98. The highest BCUT2D eigenvalue weighted by atomic mass is 79.9. The molecule has 0 fully saturated rings. The molecular weight excluding hydrogens is 304 g/mol. The van der Waals surface area contributed by atoms with Crippen LogP contribution in [0.1, 0.15) is 0 Å². The van der Waals surface area contributed by atoms with Crippen molar-refractivity contribution in [3.05, 3.63) is 47.2 Å². The molecule has 1 heterocycles. The van der Waals surface area contributed by atoms with Gasteiger partial charge in [0.05, 0.1) is 4.90 Å². The van der Waals surface area contributed by atoms with Crippen LogP contribution < -0.4 is 5.14 Å². The van der Waals surface area contributed by atoms with E-state index in [1.807, 2.05) is 0 Å². The Morgan fingerprint density at radius 2 is 1.88 bits per heavy atom. The number of hydrogen-bond acceptors (Lipinski definition) is 3. The van der Waals surface area contributed by atoms with Crippen LogP contribution in [0, 0.1) is 0 Å². The fourth-order valence-electron chi connectivity index (χ4n) is 1.51. The van der Waals surface area contributed by atoms with Crippen molar-refractivity contribution in [2.24, 2.45) is 5.14 Å². The average Bonchev–Trinajstić information content (AvgIpc) is 2.28. The van der Waals surface area contributed by atoms with E-state index < -0.39 is 10.0 Å². The maximum atomic E-state index is 11.5. The van der Waals surface area contributed by atoms with Crippen molar-refractivity contribution in [1.29, 1.82) is 0 Å². The van der Waals surface area contributed by atoms with Crippen molar-refractivity contribution in [3.63, 3.8) is 0 Å². The van der Waals surface area contributed by atoms with Crippen molar-refractivity contribution >= 4 is 26.0 Å². The van der Waals surface area contributed by atoms with Crippen LogP contribution in [0.15, 0.2) is 52.1 Å². The third-order valence-electron chi connectivity index (χ3n) is 2.21. The molecule has 0 aliphatic rings. The molecule has 0 amide bonds. The molecule has 2 N–H and O–H groups in total. The lowest BCUT2D eigenvalue weighted by Gasteiger charge is -2.07. The van der Waals surface area contributed by atoms with E-state index in [1.165, 1.54) is 6.07 Å². The Labute approximate surface area is 108 Å². The summed E-state index contributed by atoms with van der Waals surface area (Å²) in [5.41, 5.74) is 1.24. The summed E-state index contributed by atoms with van der Waals surface area (Å²) in [6, 6.07) is 8.35. The molecule has 6 heteroatoms. The molecule has 0 radical (unpaired) electrons. The number of benzene rings is 1. The smallest absolute Gasteiger partial charge is 0.238 e. The van der Waals surface area contributed by atoms with Crippen molar-refractivity contribution in [3.8, 4) is 11.1 Å². The Morgan fingerprint density at radius 3 is 2.53 bits per heavy atom. The van der Waals surface area contributed by atoms with Crippen molar-refractivity contribution in [2.75, 3.05) is 0 Å². The minimum Gasteiger partial charge on any atom is -0.263 e. The molecule has 1 aromatic heterocycles. The lowest BCUT2D eigenvalue weighted by molar-refractivity contribution is 0.598. The quantitative estimate of drug-likeness (QED) is 0.923. The first-order valence-corrected chi connectivity index (χ1v) is 7.05. The van der Waals surface area contributed by atoms with Gasteiger partial charge in [0.1, 0.15) is 0 Å². The van der Waals surface area contributed by atoms with Gasteiger partial charge in [-0.2, -0.15) is 0 Å².